The Labute approximate surface area is 157 Å². The summed E-state index contributed by atoms with van der Waals surface area (Å²) in [6, 6.07) is 17.4. The zero-order valence-corrected chi connectivity index (χ0v) is 15.2. The van der Waals surface area contributed by atoms with Crippen LogP contribution in [0.15, 0.2) is 77.8 Å². The normalized spacial score (nSPS) is 11.7. The minimum atomic E-state index is -4.39. The summed E-state index contributed by atoms with van der Waals surface area (Å²) in [5.41, 5.74) is 1.42. The summed E-state index contributed by atoms with van der Waals surface area (Å²) in [6.45, 7) is -0.0134. The van der Waals surface area contributed by atoms with Crippen molar-refractivity contribution >= 4 is 10.0 Å². The predicted molar refractivity (Wildman–Crippen MR) is 98.3 cm³/mol. The lowest BCUT2D eigenvalue weighted by molar-refractivity contribution is 0.396. The second-order valence-electron chi connectivity index (χ2n) is 5.95. The molecule has 0 unspecified atom stereocenters. The quantitative estimate of drug-likeness (QED) is 0.619. The van der Waals surface area contributed by atoms with Crippen molar-refractivity contribution in [3.05, 3.63) is 95.8 Å². The van der Waals surface area contributed by atoms with E-state index < -0.39 is 26.6 Å². The molecule has 7 heteroatoms. The molecule has 3 rings (SSSR count). The fourth-order valence-electron chi connectivity index (χ4n) is 2.71. The first-order valence-electron chi connectivity index (χ1n) is 8.36. The number of rotatable bonds is 7. The molecule has 2 aromatic carbocycles. The molecule has 0 N–H and O–H groups in total. The molecule has 0 atom stereocenters. The summed E-state index contributed by atoms with van der Waals surface area (Å²) in [6.07, 6.45) is 1.95. The molecule has 4 nitrogen and oxygen atoms in total. The molecule has 0 radical (unpaired) electrons. The Bertz CT molecular complexity index is 977. The Morgan fingerprint density at radius 3 is 2.15 bits per heavy atom. The van der Waals surface area contributed by atoms with Crippen molar-refractivity contribution in [2.45, 2.75) is 17.9 Å². The molecule has 0 saturated heterocycles. The van der Waals surface area contributed by atoms with Crippen LogP contribution in [0.1, 0.15) is 11.3 Å². The van der Waals surface area contributed by atoms with Gasteiger partial charge in [0.25, 0.3) is 0 Å². The Morgan fingerprint density at radius 2 is 1.52 bits per heavy atom. The lowest BCUT2D eigenvalue weighted by Crippen LogP contribution is -2.34. The van der Waals surface area contributed by atoms with Gasteiger partial charge in [0.15, 0.2) is 4.90 Å². The first-order chi connectivity index (χ1) is 13.0. The standard InChI is InChI=1S/C20H18F2N2O2S/c21-18-10-6-11-19(22)20(18)27(25,26)24(15-17-9-4-5-13-23-17)14-12-16-7-2-1-3-8-16/h1-11,13H,12,14-15H2. The fraction of sp³-hybridized carbons (Fsp3) is 0.150. The number of halogens is 2. The van der Waals surface area contributed by atoms with Gasteiger partial charge in [-0.15, -0.1) is 0 Å². The van der Waals surface area contributed by atoms with Gasteiger partial charge in [-0.05, 0) is 36.2 Å². The predicted octanol–water partition coefficient (Wildman–Crippen LogP) is 3.79. The Balaban J connectivity index is 1.95. The van der Waals surface area contributed by atoms with E-state index in [4.69, 9.17) is 0 Å². The maximum Gasteiger partial charge on any atom is 0.249 e. The third-order valence-corrected chi connectivity index (χ3v) is 5.97. The largest absolute Gasteiger partial charge is 0.260 e. The molecule has 27 heavy (non-hydrogen) atoms. The minimum Gasteiger partial charge on any atom is -0.260 e. The van der Waals surface area contributed by atoms with Gasteiger partial charge < -0.3 is 0 Å². The molecule has 140 valence electrons. The summed E-state index contributed by atoms with van der Waals surface area (Å²) in [4.78, 5) is 3.20. The van der Waals surface area contributed by atoms with Crippen LogP contribution in [0, 0.1) is 11.6 Å². The Hall–Kier alpha value is -2.64. The molecule has 3 aromatic rings. The van der Waals surface area contributed by atoms with Crippen molar-refractivity contribution in [3.63, 3.8) is 0 Å². The highest BCUT2D eigenvalue weighted by Crippen LogP contribution is 2.24. The van der Waals surface area contributed by atoms with E-state index in [-0.39, 0.29) is 13.1 Å². The second-order valence-corrected chi connectivity index (χ2v) is 7.82. The molecule has 1 heterocycles. The van der Waals surface area contributed by atoms with Gasteiger partial charge in [-0.3, -0.25) is 4.98 Å². The maximum absolute atomic E-state index is 14.1. The van der Waals surface area contributed by atoms with Crippen LogP contribution in [0.3, 0.4) is 0 Å². The number of hydrogen-bond donors (Lipinski definition) is 0. The highest BCUT2D eigenvalue weighted by Gasteiger charge is 2.31. The van der Waals surface area contributed by atoms with Crippen molar-refractivity contribution in [1.82, 2.24) is 9.29 Å². The smallest absolute Gasteiger partial charge is 0.249 e. The summed E-state index contributed by atoms with van der Waals surface area (Å²) in [5, 5.41) is 0. The maximum atomic E-state index is 14.1. The molecular weight excluding hydrogens is 370 g/mol. The van der Waals surface area contributed by atoms with E-state index in [1.165, 1.54) is 0 Å². The van der Waals surface area contributed by atoms with E-state index in [0.717, 1.165) is 28.1 Å². The third-order valence-electron chi connectivity index (χ3n) is 4.07. The van der Waals surface area contributed by atoms with Crippen molar-refractivity contribution in [2.75, 3.05) is 6.54 Å². The van der Waals surface area contributed by atoms with Crippen LogP contribution in [0.4, 0.5) is 8.78 Å². The van der Waals surface area contributed by atoms with E-state index in [9.17, 15) is 17.2 Å². The van der Waals surface area contributed by atoms with Crippen LogP contribution >= 0.6 is 0 Å². The van der Waals surface area contributed by atoms with Crippen LogP contribution in [0.2, 0.25) is 0 Å². The average Bonchev–Trinajstić information content (AvgIpc) is 2.66. The van der Waals surface area contributed by atoms with Gasteiger partial charge in [-0.1, -0.05) is 42.5 Å². The summed E-state index contributed by atoms with van der Waals surface area (Å²) >= 11 is 0. The van der Waals surface area contributed by atoms with E-state index >= 15 is 0 Å². The van der Waals surface area contributed by atoms with E-state index in [0.29, 0.717) is 12.1 Å². The fourth-order valence-corrected chi connectivity index (χ4v) is 4.23. The van der Waals surface area contributed by atoms with Crippen molar-refractivity contribution in [3.8, 4) is 0 Å². The van der Waals surface area contributed by atoms with E-state index in [2.05, 4.69) is 4.98 Å². The molecule has 0 bridgehead atoms. The first-order valence-corrected chi connectivity index (χ1v) is 9.80. The van der Waals surface area contributed by atoms with Gasteiger partial charge in [-0.25, -0.2) is 17.2 Å². The van der Waals surface area contributed by atoms with Gasteiger partial charge >= 0.3 is 0 Å². The van der Waals surface area contributed by atoms with Gasteiger partial charge in [0, 0.05) is 12.7 Å². The summed E-state index contributed by atoms with van der Waals surface area (Å²) < 4.78 is 55.4. The van der Waals surface area contributed by atoms with Crippen LogP contribution < -0.4 is 0 Å². The molecule has 0 saturated carbocycles. The van der Waals surface area contributed by atoms with Crippen LogP contribution in [-0.4, -0.2) is 24.3 Å². The number of nitrogens with zero attached hydrogens (tertiary/aromatic N) is 2. The third kappa shape index (κ3) is 4.56. The van der Waals surface area contributed by atoms with Gasteiger partial charge in [-0.2, -0.15) is 4.31 Å². The summed E-state index contributed by atoms with van der Waals surface area (Å²) in [5.74, 6) is -2.22. The first kappa shape index (κ1) is 19.1. The highest BCUT2D eigenvalue weighted by molar-refractivity contribution is 7.89. The highest BCUT2D eigenvalue weighted by atomic mass is 32.2. The molecule has 0 aliphatic rings. The molecular formula is C20H18F2N2O2S. The van der Waals surface area contributed by atoms with Crippen LogP contribution in [0.25, 0.3) is 0 Å². The van der Waals surface area contributed by atoms with Crippen LogP contribution in [-0.2, 0) is 23.0 Å². The van der Waals surface area contributed by atoms with E-state index in [1.807, 2.05) is 30.3 Å². The monoisotopic (exact) mass is 388 g/mol. The molecule has 0 fully saturated rings. The zero-order valence-electron chi connectivity index (χ0n) is 14.4. The topological polar surface area (TPSA) is 50.3 Å². The lowest BCUT2D eigenvalue weighted by Gasteiger charge is -2.22. The minimum absolute atomic E-state index is 0.0662. The molecule has 0 aliphatic carbocycles. The number of sulfonamides is 1. The molecule has 0 spiro atoms. The second kappa shape index (κ2) is 8.37. The Morgan fingerprint density at radius 1 is 0.852 bits per heavy atom. The number of aromatic nitrogens is 1. The van der Waals surface area contributed by atoms with E-state index in [1.54, 1.807) is 24.4 Å². The van der Waals surface area contributed by atoms with Crippen LogP contribution in [0.5, 0.6) is 0 Å². The molecule has 1 aromatic heterocycles. The Kier molecular flexibility index (Phi) is 5.93. The average molecular weight is 388 g/mol. The molecule has 0 aliphatic heterocycles. The van der Waals surface area contributed by atoms with Gasteiger partial charge in [0.05, 0.1) is 12.2 Å². The summed E-state index contributed by atoms with van der Waals surface area (Å²) in [7, 11) is -4.39. The lowest BCUT2D eigenvalue weighted by atomic mass is 10.1. The zero-order chi connectivity index (χ0) is 19.3. The van der Waals surface area contributed by atoms with Crippen molar-refractivity contribution in [2.24, 2.45) is 0 Å². The molecule has 0 amide bonds. The number of benzene rings is 2. The number of hydrogen-bond acceptors (Lipinski definition) is 3. The number of pyridine rings is 1. The van der Waals surface area contributed by atoms with Crippen molar-refractivity contribution < 1.29 is 17.2 Å². The SMILES string of the molecule is O=S(=O)(c1c(F)cccc1F)N(CCc1ccccc1)Cc1ccccn1. The van der Waals surface area contributed by atoms with Gasteiger partial charge in [0.2, 0.25) is 10.0 Å². The van der Waals surface area contributed by atoms with Gasteiger partial charge in [0.1, 0.15) is 11.6 Å². The van der Waals surface area contributed by atoms with Crippen molar-refractivity contribution in [1.29, 1.82) is 0 Å².